The van der Waals surface area contributed by atoms with Gasteiger partial charge in [0.15, 0.2) is 5.82 Å². The van der Waals surface area contributed by atoms with E-state index in [1.807, 2.05) is 30.3 Å². The first kappa shape index (κ1) is 19.0. The minimum atomic E-state index is -0.553. The van der Waals surface area contributed by atoms with Crippen LogP contribution in [0.4, 0.5) is 27.8 Å². The molecule has 0 fully saturated rings. The predicted molar refractivity (Wildman–Crippen MR) is 102 cm³/mol. The Balaban J connectivity index is 2.12. The maximum atomic E-state index is 11.7. The number of nitrogens with zero attached hydrogens (tertiary/aromatic N) is 1. The predicted octanol–water partition coefficient (Wildman–Crippen LogP) is 2.94. The van der Waals surface area contributed by atoms with Crippen molar-refractivity contribution in [3.63, 3.8) is 0 Å². The topological polar surface area (TPSA) is 104 Å². The van der Waals surface area contributed by atoms with E-state index in [4.69, 9.17) is 4.74 Å². The number of hydrogen-bond donors (Lipinski definition) is 4. The number of hydrogen-bond acceptors (Lipinski definition) is 6. The van der Waals surface area contributed by atoms with Crippen molar-refractivity contribution in [1.82, 2.24) is 10.3 Å². The quantitative estimate of drug-likeness (QED) is 0.542. The van der Waals surface area contributed by atoms with Crippen LogP contribution in [-0.2, 0) is 9.53 Å². The Kier molecular flexibility index (Phi) is 7.23. The average Bonchev–Trinajstić information content (AvgIpc) is 2.61. The highest BCUT2D eigenvalue weighted by atomic mass is 16.5. The fraction of sp³-hybridized carbons (Fsp3) is 0.278. The monoisotopic (exact) mass is 357 g/mol. The van der Waals surface area contributed by atoms with E-state index in [0.717, 1.165) is 5.69 Å². The maximum absolute atomic E-state index is 11.7. The number of carbonyl (C=O) groups is 2. The summed E-state index contributed by atoms with van der Waals surface area (Å²) in [6.07, 6.45) is -0.553. The number of pyridine rings is 1. The number of nitrogens with one attached hydrogen (secondary N) is 4. The number of amides is 2. The standard InChI is InChI=1S/C18H23N5O3/c1-3-26-18(25)22-15-9-10-16(21-14-7-5-4-6-8-14)23-17(15)20-12-11-19-13(2)24/h4-10H,3,11-12H2,1-2H3,(H,19,24)(H,22,25)(H2,20,21,23). The van der Waals surface area contributed by atoms with Crippen molar-refractivity contribution in [3.8, 4) is 0 Å². The van der Waals surface area contributed by atoms with Gasteiger partial charge in [-0.05, 0) is 31.2 Å². The molecule has 0 aliphatic heterocycles. The van der Waals surface area contributed by atoms with Crippen molar-refractivity contribution < 1.29 is 14.3 Å². The van der Waals surface area contributed by atoms with Gasteiger partial charge in [0.2, 0.25) is 5.91 Å². The van der Waals surface area contributed by atoms with E-state index in [0.29, 0.717) is 30.4 Å². The molecule has 0 unspecified atom stereocenters. The Morgan fingerprint density at radius 1 is 1.08 bits per heavy atom. The summed E-state index contributed by atoms with van der Waals surface area (Å²) in [6.45, 7) is 4.36. The summed E-state index contributed by atoms with van der Waals surface area (Å²) in [5.74, 6) is 0.987. The molecule has 8 nitrogen and oxygen atoms in total. The Morgan fingerprint density at radius 2 is 1.85 bits per heavy atom. The van der Waals surface area contributed by atoms with Crippen LogP contribution in [0.3, 0.4) is 0 Å². The summed E-state index contributed by atoms with van der Waals surface area (Å²) >= 11 is 0. The second-order valence-electron chi connectivity index (χ2n) is 5.34. The Hall–Kier alpha value is -3.29. The third-order valence-electron chi connectivity index (χ3n) is 3.24. The Bertz CT molecular complexity index is 737. The molecule has 2 aromatic rings. The molecule has 1 heterocycles. The average molecular weight is 357 g/mol. The molecule has 2 rings (SSSR count). The summed E-state index contributed by atoms with van der Waals surface area (Å²) in [5.41, 5.74) is 1.39. The van der Waals surface area contributed by atoms with Crippen LogP contribution in [-0.4, -0.2) is 36.7 Å². The highest BCUT2D eigenvalue weighted by Crippen LogP contribution is 2.24. The van der Waals surface area contributed by atoms with Gasteiger partial charge in [0.05, 0.1) is 12.3 Å². The molecule has 1 aromatic heterocycles. The highest BCUT2D eigenvalue weighted by molar-refractivity contribution is 5.89. The fourth-order valence-corrected chi connectivity index (χ4v) is 2.13. The summed E-state index contributed by atoms with van der Waals surface area (Å²) in [4.78, 5) is 27.1. The number of aromatic nitrogens is 1. The molecule has 8 heteroatoms. The third kappa shape index (κ3) is 6.31. The van der Waals surface area contributed by atoms with E-state index in [-0.39, 0.29) is 12.5 Å². The SMILES string of the molecule is CCOC(=O)Nc1ccc(Nc2ccccc2)nc1NCCNC(C)=O. The van der Waals surface area contributed by atoms with E-state index in [1.54, 1.807) is 19.1 Å². The van der Waals surface area contributed by atoms with Crippen molar-refractivity contribution in [1.29, 1.82) is 0 Å². The van der Waals surface area contributed by atoms with Crippen molar-refractivity contribution in [2.24, 2.45) is 0 Å². The molecule has 0 saturated heterocycles. The zero-order valence-electron chi connectivity index (χ0n) is 14.8. The molecule has 4 N–H and O–H groups in total. The number of ether oxygens (including phenoxy) is 1. The molecular formula is C18H23N5O3. The van der Waals surface area contributed by atoms with Crippen LogP contribution < -0.4 is 21.3 Å². The molecule has 26 heavy (non-hydrogen) atoms. The highest BCUT2D eigenvalue weighted by Gasteiger charge is 2.10. The van der Waals surface area contributed by atoms with Crippen LogP contribution in [0.15, 0.2) is 42.5 Å². The molecule has 0 spiro atoms. The fourth-order valence-electron chi connectivity index (χ4n) is 2.13. The lowest BCUT2D eigenvalue weighted by Crippen LogP contribution is -2.27. The minimum Gasteiger partial charge on any atom is -0.450 e. The van der Waals surface area contributed by atoms with Crippen LogP contribution in [0.5, 0.6) is 0 Å². The smallest absolute Gasteiger partial charge is 0.411 e. The molecule has 0 atom stereocenters. The molecule has 1 aromatic carbocycles. The van der Waals surface area contributed by atoms with E-state index >= 15 is 0 Å². The summed E-state index contributed by atoms with van der Waals surface area (Å²) in [5, 5.41) is 11.6. The van der Waals surface area contributed by atoms with Crippen LogP contribution >= 0.6 is 0 Å². The first-order valence-electron chi connectivity index (χ1n) is 8.33. The van der Waals surface area contributed by atoms with Crippen molar-refractivity contribution >= 4 is 35.0 Å². The number of rotatable bonds is 8. The summed E-state index contributed by atoms with van der Waals surface area (Å²) in [7, 11) is 0. The van der Waals surface area contributed by atoms with Crippen molar-refractivity contribution in [3.05, 3.63) is 42.5 Å². The van der Waals surface area contributed by atoms with E-state index in [1.165, 1.54) is 6.92 Å². The van der Waals surface area contributed by atoms with Gasteiger partial charge in [0, 0.05) is 25.7 Å². The van der Waals surface area contributed by atoms with Gasteiger partial charge < -0.3 is 20.7 Å². The van der Waals surface area contributed by atoms with Gasteiger partial charge in [-0.1, -0.05) is 18.2 Å². The van der Waals surface area contributed by atoms with Crippen molar-refractivity contribution in [2.45, 2.75) is 13.8 Å². The van der Waals surface area contributed by atoms with Crippen LogP contribution in [0.1, 0.15) is 13.8 Å². The third-order valence-corrected chi connectivity index (χ3v) is 3.24. The number of carbonyl (C=O) groups excluding carboxylic acids is 2. The largest absolute Gasteiger partial charge is 0.450 e. The molecule has 2 amide bonds. The van der Waals surface area contributed by atoms with Gasteiger partial charge in [-0.3, -0.25) is 10.1 Å². The molecule has 0 saturated carbocycles. The lowest BCUT2D eigenvalue weighted by molar-refractivity contribution is -0.118. The normalized spacial score (nSPS) is 9.92. The van der Waals surface area contributed by atoms with Gasteiger partial charge in [-0.2, -0.15) is 0 Å². The summed E-state index contributed by atoms with van der Waals surface area (Å²) in [6, 6.07) is 13.1. The molecular weight excluding hydrogens is 334 g/mol. The van der Waals surface area contributed by atoms with Gasteiger partial charge in [0.1, 0.15) is 5.82 Å². The number of anilines is 4. The molecule has 138 valence electrons. The minimum absolute atomic E-state index is 0.107. The van der Waals surface area contributed by atoms with Crippen LogP contribution in [0, 0.1) is 0 Å². The second kappa shape index (κ2) is 9.87. The molecule has 0 aliphatic rings. The van der Waals surface area contributed by atoms with Crippen LogP contribution in [0.25, 0.3) is 0 Å². The Morgan fingerprint density at radius 3 is 2.54 bits per heavy atom. The lowest BCUT2D eigenvalue weighted by Gasteiger charge is -2.14. The lowest BCUT2D eigenvalue weighted by atomic mass is 10.3. The van der Waals surface area contributed by atoms with Gasteiger partial charge in [-0.15, -0.1) is 0 Å². The Labute approximate surface area is 152 Å². The molecule has 0 radical (unpaired) electrons. The van der Waals surface area contributed by atoms with Gasteiger partial charge in [-0.25, -0.2) is 9.78 Å². The van der Waals surface area contributed by atoms with Gasteiger partial charge >= 0.3 is 6.09 Å². The first-order chi connectivity index (χ1) is 12.6. The van der Waals surface area contributed by atoms with Gasteiger partial charge in [0.25, 0.3) is 0 Å². The number of benzene rings is 1. The summed E-state index contributed by atoms with van der Waals surface area (Å²) < 4.78 is 4.91. The van der Waals surface area contributed by atoms with E-state index < -0.39 is 6.09 Å². The number of para-hydroxylation sites is 1. The van der Waals surface area contributed by atoms with Crippen molar-refractivity contribution in [2.75, 3.05) is 35.6 Å². The second-order valence-corrected chi connectivity index (χ2v) is 5.34. The van der Waals surface area contributed by atoms with Crippen LogP contribution in [0.2, 0.25) is 0 Å². The maximum Gasteiger partial charge on any atom is 0.411 e. The zero-order valence-corrected chi connectivity index (χ0v) is 14.8. The van der Waals surface area contributed by atoms with E-state index in [2.05, 4.69) is 26.3 Å². The molecule has 0 aliphatic carbocycles. The molecule has 0 bridgehead atoms. The zero-order chi connectivity index (χ0) is 18.8. The van der Waals surface area contributed by atoms with E-state index in [9.17, 15) is 9.59 Å². The first-order valence-corrected chi connectivity index (χ1v) is 8.33.